The highest BCUT2D eigenvalue weighted by Gasteiger charge is 2.22. The molecule has 0 aromatic heterocycles. The third-order valence-electron chi connectivity index (χ3n) is 2.71. The van der Waals surface area contributed by atoms with E-state index in [0.29, 0.717) is 6.04 Å². The molecule has 0 aromatic carbocycles. The Bertz CT molecular complexity index is 259. The first-order chi connectivity index (χ1) is 7.31. The number of nitrogens with zero attached hydrogens (tertiary/aromatic N) is 3. The molecule has 1 unspecified atom stereocenters. The van der Waals surface area contributed by atoms with Crippen LogP contribution in [0.2, 0.25) is 0 Å². The molecule has 1 N–H and O–H groups in total. The summed E-state index contributed by atoms with van der Waals surface area (Å²) in [5.41, 5.74) is 0. The number of hydrogen-bond donors (Lipinski definition) is 1. The molecule has 0 spiro atoms. The van der Waals surface area contributed by atoms with E-state index in [4.69, 9.17) is 5.26 Å². The summed E-state index contributed by atoms with van der Waals surface area (Å²) in [7, 11) is 0. The maximum absolute atomic E-state index is 8.49. The highest BCUT2D eigenvalue weighted by Crippen LogP contribution is 2.16. The summed E-state index contributed by atoms with van der Waals surface area (Å²) in [5, 5.41) is 11.8. The summed E-state index contributed by atoms with van der Waals surface area (Å²) in [6.07, 6.45) is 6.33. The maximum atomic E-state index is 8.49. The number of amidine groups is 1. The van der Waals surface area contributed by atoms with Crippen molar-refractivity contribution in [1.82, 2.24) is 10.2 Å². The fraction of sp³-hybridized carbons (Fsp3) is 0.800. The zero-order valence-corrected chi connectivity index (χ0v) is 10.2. The molecule has 1 saturated heterocycles. The molecule has 0 aliphatic carbocycles. The molecule has 5 heteroatoms. The topological polar surface area (TPSA) is 51.4 Å². The monoisotopic (exact) mass is 226 g/mol. The molecule has 84 valence electrons. The van der Waals surface area contributed by atoms with Gasteiger partial charge in [0.25, 0.3) is 0 Å². The molecule has 1 atom stereocenters. The van der Waals surface area contributed by atoms with Gasteiger partial charge in [0.15, 0.2) is 11.4 Å². The molecule has 1 rings (SSSR count). The van der Waals surface area contributed by atoms with Gasteiger partial charge in [-0.3, -0.25) is 15.2 Å². The summed E-state index contributed by atoms with van der Waals surface area (Å²) in [4.78, 5) is 6.87. The molecular formula is C10H18N4S. The Balaban J connectivity index is 2.43. The molecular weight excluding hydrogens is 208 g/mol. The van der Waals surface area contributed by atoms with Gasteiger partial charge in [-0.25, -0.2) is 0 Å². The third-order valence-corrected chi connectivity index (χ3v) is 3.32. The van der Waals surface area contributed by atoms with Gasteiger partial charge in [-0.05, 0) is 32.2 Å². The van der Waals surface area contributed by atoms with Crippen LogP contribution >= 0.6 is 11.8 Å². The Kier molecular flexibility index (Phi) is 5.51. The van der Waals surface area contributed by atoms with E-state index in [9.17, 15) is 0 Å². The van der Waals surface area contributed by atoms with E-state index in [1.165, 1.54) is 31.1 Å². The Morgan fingerprint density at radius 2 is 2.53 bits per heavy atom. The van der Waals surface area contributed by atoms with Crippen LogP contribution in [0.1, 0.15) is 19.8 Å². The number of nitriles is 1. The quantitative estimate of drug-likeness (QED) is 0.341. The smallest absolute Gasteiger partial charge is 0.183 e. The van der Waals surface area contributed by atoms with E-state index in [2.05, 4.69) is 22.1 Å². The van der Waals surface area contributed by atoms with Crippen LogP contribution in [0.15, 0.2) is 4.99 Å². The second-order valence-electron chi connectivity index (χ2n) is 3.51. The van der Waals surface area contributed by atoms with Crippen LogP contribution in [0.25, 0.3) is 0 Å². The molecule has 0 saturated carbocycles. The van der Waals surface area contributed by atoms with Crippen molar-refractivity contribution in [3.8, 4) is 6.19 Å². The molecule has 1 heterocycles. The van der Waals surface area contributed by atoms with E-state index >= 15 is 0 Å². The van der Waals surface area contributed by atoms with Crippen molar-refractivity contribution in [2.75, 3.05) is 25.9 Å². The molecule has 0 bridgehead atoms. The van der Waals surface area contributed by atoms with E-state index in [-0.39, 0.29) is 0 Å². The highest BCUT2D eigenvalue weighted by atomic mass is 32.2. The van der Waals surface area contributed by atoms with Crippen LogP contribution in [-0.4, -0.2) is 42.0 Å². The van der Waals surface area contributed by atoms with E-state index in [1.807, 2.05) is 12.4 Å². The van der Waals surface area contributed by atoms with Crippen LogP contribution in [-0.2, 0) is 0 Å². The van der Waals surface area contributed by atoms with Gasteiger partial charge in [0, 0.05) is 6.04 Å². The Morgan fingerprint density at radius 1 is 1.73 bits per heavy atom. The molecule has 0 aromatic rings. The van der Waals surface area contributed by atoms with Gasteiger partial charge < -0.3 is 0 Å². The van der Waals surface area contributed by atoms with Crippen molar-refractivity contribution in [2.45, 2.75) is 25.8 Å². The van der Waals surface area contributed by atoms with Crippen molar-refractivity contribution in [3.63, 3.8) is 0 Å². The summed E-state index contributed by atoms with van der Waals surface area (Å²) >= 11 is 1.48. The van der Waals surface area contributed by atoms with Gasteiger partial charge in [0.2, 0.25) is 0 Å². The van der Waals surface area contributed by atoms with Crippen LogP contribution in [0.5, 0.6) is 0 Å². The standard InChI is InChI=1S/C10H18N4S/c1-3-14-6-4-5-9(14)7-12-10(15-2)13-8-11/h9H,3-7H2,1-2H3,(H,12,13). The fourth-order valence-electron chi connectivity index (χ4n) is 1.91. The number of aliphatic imine (C=N–C) groups is 1. The van der Waals surface area contributed by atoms with Crippen molar-refractivity contribution in [2.24, 2.45) is 4.99 Å². The molecule has 0 amide bonds. The lowest BCUT2D eigenvalue weighted by atomic mass is 10.2. The Hall–Kier alpha value is -0.730. The maximum Gasteiger partial charge on any atom is 0.183 e. The van der Waals surface area contributed by atoms with Gasteiger partial charge in [0.1, 0.15) is 0 Å². The number of nitrogens with one attached hydrogen (secondary N) is 1. The number of thioether (sulfide) groups is 1. The molecule has 1 aliphatic heterocycles. The zero-order valence-electron chi connectivity index (χ0n) is 9.36. The predicted octanol–water partition coefficient (Wildman–Crippen LogP) is 1.26. The summed E-state index contributed by atoms with van der Waals surface area (Å²) < 4.78 is 0. The minimum absolute atomic E-state index is 0.567. The minimum atomic E-state index is 0.567. The lowest BCUT2D eigenvalue weighted by Gasteiger charge is -2.20. The van der Waals surface area contributed by atoms with Gasteiger partial charge in [-0.1, -0.05) is 18.7 Å². The Labute approximate surface area is 95.7 Å². The lowest BCUT2D eigenvalue weighted by Crippen LogP contribution is -2.32. The SMILES string of the molecule is CCN1CCCC1CN=C(NC#N)SC. The van der Waals surface area contributed by atoms with Gasteiger partial charge in [-0.15, -0.1) is 0 Å². The third kappa shape index (κ3) is 3.73. The first kappa shape index (κ1) is 12.3. The number of rotatable bonds is 3. The van der Waals surface area contributed by atoms with E-state index < -0.39 is 0 Å². The molecule has 1 fully saturated rings. The summed E-state index contributed by atoms with van der Waals surface area (Å²) in [5.74, 6) is 0. The van der Waals surface area contributed by atoms with E-state index in [1.54, 1.807) is 0 Å². The normalized spacial score (nSPS) is 22.7. The minimum Gasteiger partial charge on any atom is -0.299 e. The zero-order chi connectivity index (χ0) is 11.1. The van der Waals surface area contributed by atoms with Gasteiger partial charge >= 0.3 is 0 Å². The summed E-state index contributed by atoms with van der Waals surface area (Å²) in [6, 6.07) is 0.567. The molecule has 0 radical (unpaired) electrons. The largest absolute Gasteiger partial charge is 0.299 e. The van der Waals surface area contributed by atoms with Gasteiger partial charge in [0.05, 0.1) is 6.54 Å². The Morgan fingerprint density at radius 3 is 3.13 bits per heavy atom. The van der Waals surface area contributed by atoms with Crippen LogP contribution in [0, 0.1) is 11.5 Å². The number of hydrogen-bond acceptors (Lipinski definition) is 4. The van der Waals surface area contributed by atoms with E-state index in [0.717, 1.165) is 18.3 Å². The average molecular weight is 226 g/mol. The predicted molar refractivity (Wildman–Crippen MR) is 64.8 cm³/mol. The lowest BCUT2D eigenvalue weighted by molar-refractivity contribution is 0.273. The first-order valence-electron chi connectivity index (χ1n) is 5.29. The fourth-order valence-corrected chi connectivity index (χ4v) is 2.26. The first-order valence-corrected chi connectivity index (χ1v) is 6.51. The van der Waals surface area contributed by atoms with Gasteiger partial charge in [-0.2, -0.15) is 5.26 Å². The van der Waals surface area contributed by atoms with Crippen molar-refractivity contribution < 1.29 is 0 Å². The van der Waals surface area contributed by atoms with Crippen LogP contribution in [0.4, 0.5) is 0 Å². The second kappa shape index (κ2) is 6.70. The molecule has 4 nitrogen and oxygen atoms in total. The second-order valence-corrected chi connectivity index (χ2v) is 4.31. The van der Waals surface area contributed by atoms with Crippen molar-refractivity contribution >= 4 is 16.9 Å². The highest BCUT2D eigenvalue weighted by molar-refractivity contribution is 8.13. The average Bonchev–Trinajstić information content (AvgIpc) is 2.71. The number of likely N-dealkylation sites (N-methyl/N-ethyl adjacent to an activating group) is 1. The molecule has 15 heavy (non-hydrogen) atoms. The van der Waals surface area contributed by atoms with Crippen LogP contribution < -0.4 is 5.32 Å². The number of likely N-dealkylation sites (tertiary alicyclic amines) is 1. The summed E-state index contributed by atoms with van der Waals surface area (Å²) in [6.45, 7) is 5.28. The molecule has 1 aliphatic rings. The van der Waals surface area contributed by atoms with Crippen molar-refractivity contribution in [3.05, 3.63) is 0 Å². The van der Waals surface area contributed by atoms with Crippen LogP contribution in [0.3, 0.4) is 0 Å². The van der Waals surface area contributed by atoms with Crippen molar-refractivity contribution in [1.29, 1.82) is 5.26 Å².